The van der Waals surface area contributed by atoms with Crippen LogP contribution >= 0.6 is 34.9 Å². The van der Waals surface area contributed by atoms with Gasteiger partial charge in [0.15, 0.2) is 4.34 Å². The maximum Gasteiger partial charge on any atom is 1.00 e. The molecule has 9 nitrogen and oxygen atoms in total. The number of amides is 2. The standard InChI is InChI=1S/C21H19N3O6S3.K/c1-10-12(8-15(26)27)32-21(22-10)33-13-9-31-19-16(18(28)24(19)17(13)20(29)30)23-14(25)7-11-5-3-2-4-6-11;/h2-6,16,19H,7-9H2,1H3,(H,23,25)(H,26,27)(H,29,30);/q;+1/p-1/t16-,19-;/m1./s1. The van der Waals surface area contributed by atoms with E-state index in [1.807, 2.05) is 30.3 Å². The maximum absolute atomic E-state index is 12.8. The second-order valence-corrected chi connectivity index (χ2v) is 10.9. The monoisotopic (exact) mass is 543 g/mol. The molecule has 1 fully saturated rings. The number of carboxylic acid groups (broad SMARTS) is 2. The fraction of sp³-hybridized carbons (Fsp3) is 0.286. The number of benzene rings is 1. The number of thiazole rings is 1. The Morgan fingerprint density at radius 1 is 1.26 bits per heavy atom. The van der Waals surface area contributed by atoms with Crippen molar-refractivity contribution in [1.82, 2.24) is 15.2 Å². The molecule has 0 aliphatic carbocycles. The number of carbonyl (C=O) groups excluding carboxylic acids is 3. The third-order valence-corrected chi connectivity index (χ3v) is 8.81. The molecule has 13 heteroatoms. The zero-order valence-corrected chi connectivity index (χ0v) is 23.8. The Kier molecular flexibility index (Phi) is 9.42. The first-order chi connectivity index (χ1) is 15.7. The second-order valence-electron chi connectivity index (χ2n) is 7.34. The van der Waals surface area contributed by atoms with Gasteiger partial charge in [0.25, 0.3) is 5.91 Å². The van der Waals surface area contributed by atoms with Gasteiger partial charge in [-0.15, -0.1) is 23.1 Å². The number of aliphatic carboxylic acids is 2. The minimum atomic E-state index is -1.48. The van der Waals surface area contributed by atoms with Gasteiger partial charge in [0.2, 0.25) is 5.91 Å². The number of fused-ring (bicyclic) bond motifs is 1. The van der Waals surface area contributed by atoms with E-state index in [2.05, 4.69) is 10.3 Å². The van der Waals surface area contributed by atoms with Gasteiger partial charge in [0.05, 0.1) is 30.2 Å². The van der Waals surface area contributed by atoms with Crippen molar-refractivity contribution < 1.29 is 80.8 Å². The van der Waals surface area contributed by atoms with E-state index in [9.17, 15) is 24.3 Å². The van der Waals surface area contributed by atoms with Gasteiger partial charge in [-0.25, -0.2) is 4.98 Å². The number of nitrogens with one attached hydrogen (secondary N) is 1. The van der Waals surface area contributed by atoms with Crippen molar-refractivity contribution in [2.75, 3.05) is 5.75 Å². The van der Waals surface area contributed by atoms with Gasteiger partial charge in [-0.2, -0.15) is 0 Å². The van der Waals surface area contributed by atoms with Gasteiger partial charge in [-0.3, -0.25) is 19.3 Å². The Labute approximate surface area is 250 Å². The number of rotatable bonds is 8. The second kappa shape index (κ2) is 11.7. The number of hydrogen-bond acceptors (Lipinski definition) is 9. The number of carboxylic acids is 2. The number of β-lactam (4-membered cyclic amide) rings is 1. The number of thioether (sulfide) groups is 2. The predicted octanol–water partition coefficient (Wildman–Crippen LogP) is -2.22. The molecule has 1 aromatic carbocycles. The first-order valence-electron chi connectivity index (χ1n) is 9.83. The molecule has 2 aromatic rings. The topological polar surface area (TPSA) is 140 Å². The third kappa shape index (κ3) is 5.95. The number of nitrogens with zero attached hydrogens (tertiary/aromatic N) is 2. The van der Waals surface area contributed by atoms with Crippen LogP contribution in [0.3, 0.4) is 0 Å². The van der Waals surface area contributed by atoms with E-state index in [-0.39, 0.29) is 75.8 Å². The normalized spacial score (nSPS) is 19.1. The van der Waals surface area contributed by atoms with Crippen molar-refractivity contribution in [3.05, 3.63) is 57.1 Å². The predicted molar refractivity (Wildman–Crippen MR) is 121 cm³/mol. The van der Waals surface area contributed by atoms with Crippen LogP contribution in [-0.2, 0) is 32.0 Å². The number of aromatic nitrogens is 1. The molecule has 172 valence electrons. The van der Waals surface area contributed by atoms with Crippen LogP contribution < -0.4 is 61.8 Å². The zero-order chi connectivity index (χ0) is 23.7. The van der Waals surface area contributed by atoms with Crippen LogP contribution in [0.2, 0.25) is 0 Å². The number of carbonyl (C=O) groups is 4. The molecular formula is C21H18KN3O6S3. The molecule has 34 heavy (non-hydrogen) atoms. The molecule has 2 aliphatic heterocycles. The summed E-state index contributed by atoms with van der Waals surface area (Å²) in [5.74, 6) is -2.99. The van der Waals surface area contributed by atoms with Gasteiger partial charge in [-0.1, -0.05) is 42.1 Å². The van der Waals surface area contributed by atoms with Crippen molar-refractivity contribution in [2.24, 2.45) is 0 Å². The molecule has 2 N–H and O–H groups in total. The Morgan fingerprint density at radius 2 is 1.97 bits per heavy atom. The first kappa shape index (κ1) is 27.4. The van der Waals surface area contributed by atoms with E-state index in [0.717, 1.165) is 22.2 Å². The molecule has 2 aliphatic rings. The van der Waals surface area contributed by atoms with Gasteiger partial charge in [-0.05, 0) is 12.5 Å². The van der Waals surface area contributed by atoms with E-state index in [0.29, 0.717) is 25.6 Å². The average Bonchev–Trinajstić information content (AvgIpc) is 3.10. The summed E-state index contributed by atoms with van der Waals surface area (Å²) >= 11 is 3.62. The Hall–Kier alpha value is -1.19. The molecule has 0 bridgehead atoms. The SMILES string of the molecule is Cc1nc(SC2=C(C(=O)[O-])N3C(=O)[C@@H](NC(=O)Cc4ccccc4)[C@H]3SC2)sc1CC(=O)O.[K+]. The number of hydrogen-bond donors (Lipinski definition) is 2. The molecule has 1 saturated heterocycles. The largest absolute Gasteiger partial charge is 1.00 e. The number of aryl methyl sites for hydroxylation is 1. The van der Waals surface area contributed by atoms with Crippen LogP contribution in [0, 0.1) is 6.92 Å². The van der Waals surface area contributed by atoms with Crippen LogP contribution in [0.1, 0.15) is 16.1 Å². The Morgan fingerprint density at radius 3 is 2.62 bits per heavy atom. The summed E-state index contributed by atoms with van der Waals surface area (Å²) in [5, 5.41) is 23.1. The quantitative estimate of drug-likeness (QED) is 0.280. The smallest absolute Gasteiger partial charge is 0.543 e. The summed E-state index contributed by atoms with van der Waals surface area (Å²) in [6.07, 6.45) is -0.0450. The van der Waals surface area contributed by atoms with Gasteiger partial charge < -0.3 is 20.3 Å². The van der Waals surface area contributed by atoms with Crippen LogP contribution in [0.5, 0.6) is 0 Å². The molecule has 0 spiro atoms. The van der Waals surface area contributed by atoms with Crippen molar-refractivity contribution in [2.45, 2.75) is 35.5 Å². The maximum atomic E-state index is 12.8. The van der Waals surface area contributed by atoms with Crippen molar-refractivity contribution >= 4 is 58.6 Å². The molecule has 3 heterocycles. The summed E-state index contributed by atoms with van der Waals surface area (Å²) in [6.45, 7) is 1.69. The summed E-state index contributed by atoms with van der Waals surface area (Å²) in [4.78, 5) is 54.5. The van der Waals surface area contributed by atoms with E-state index in [1.54, 1.807) is 6.92 Å². The summed E-state index contributed by atoms with van der Waals surface area (Å²) < 4.78 is 0.497. The zero-order valence-electron chi connectivity index (χ0n) is 18.3. The van der Waals surface area contributed by atoms with Crippen LogP contribution in [0.15, 0.2) is 45.3 Å². The molecule has 0 saturated carbocycles. The van der Waals surface area contributed by atoms with Crippen molar-refractivity contribution in [1.29, 1.82) is 0 Å². The summed E-state index contributed by atoms with van der Waals surface area (Å²) in [5.41, 5.74) is 1.16. The van der Waals surface area contributed by atoms with E-state index >= 15 is 0 Å². The van der Waals surface area contributed by atoms with Gasteiger partial charge >= 0.3 is 57.4 Å². The van der Waals surface area contributed by atoms with Gasteiger partial charge in [0, 0.05) is 15.5 Å². The van der Waals surface area contributed by atoms with Crippen LogP contribution in [0.25, 0.3) is 0 Å². The van der Waals surface area contributed by atoms with E-state index in [1.165, 1.54) is 23.1 Å². The Balaban J connectivity index is 0.00000324. The fourth-order valence-corrected chi connectivity index (χ4v) is 7.37. The minimum absolute atomic E-state index is 0. The first-order valence-corrected chi connectivity index (χ1v) is 12.5. The molecule has 2 amide bonds. The fourth-order valence-electron chi connectivity index (χ4n) is 3.52. The molecule has 4 rings (SSSR count). The van der Waals surface area contributed by atoms with E-state index < -0.39 is 29.3 Å². The molecular weight excluding hydrogens is 526 g/mol. The molecule has 2 atom stereocenters. The summed E-state index contributed by atoms with van der Waals surface area (Å²) in [7, 11) is 0. The van der Waals surface area contributed by atoms with Crippen molar-refractivity contribution in [3.63, 3.8) is 0 Å². The molecule has 1 aromatic heterocycles. The van der Waals surface area contributed by atoms with Crippen LogP contribution in [0.4, 0.5) is 0 Å². The minimum Gasteiger partial charge on any atom is -0.543 e. The molecule has 0 radical (unpaired) electrons. The van der Waals surface area contributed by atoms with E-state index in [4.69, 9.17) is 5.11 Å². The van der Waals surface area contributed by atoms with Crippen molar-refractivity contribution in [3.8, 4) is 0 Å². The Bertz CT molecular complexity index is 1170. The van der Waals surface area contributed by atoms with Crippen LogP contribution in [-0.4, -0.2) is 55.9 Å². The third-order valence-electron chi connectivity index (χ3n) is 5.05. The molecule has 0 unspecified atom stereocenters. The summed E-state index contributed by atoms with van der Waals surface area (Å²) in [6, 6.07) is 8.30. The average molecular weight is 544 g/mol. The van der Waals surface area contributed by atoms with Gasteiger partial charge in [0.1, 0.15) is 11.4 Å².